The fourth-order valence-corrected chi connectivity index (χ4v) is 1.22. The van der Waals surface area contributed by atoms with Crippen molar-refractivity contribution in [1.29, 1.82) is 0 Å². The number of anilines is 1. The molecule has 1 aromatic carbocycles. The zero-order chi connectivity index (χ0) is 9.10. The summed E-state index contributed by atoms with van der Waals surface area (Å²) in [7, 11) is 0. The number of benzene rings is 1. The van der Waals surface area contributed by atoms with Gasteiger partial charge in [-0.15, -0.1) is 12.4 Å². The molecule has 74 valence electrons. The second kappa shape index (κ2) is 4.79. The number of nitrogens with zero attached hydrogens (tertiary/aromatic N) is 1. The molecule has 0 fully saturated rings. The van der Waals surface area contributed by atoms with Gasteiger partial charge in [-0.05, 0) is 6.07 Å². The van der Waals surface area contributed by atoms with Crippen LogP contribution in [0.4, 0.5) is 5.69 Å². The van der Waals surface area contributed by atoms with E-state index in [0.29, 0.717) is 5.70 Å². The highest BCUT2D eigenvalue weighted by molar-refractivity contribution is 5.89. The van der Waals surface area contributed by atoms with E-state index in [-0.39, 0.29) is 19.0 Å². The van der Waals surface area contributed by atoms with Crippen LogP contribution in [0.2, 0.25) is 0 Å². The Kier molecular flexibility index (Phi) is 3.68. The molecule has 0 saturated heterocycles. The standard InChI is InChI=1S/C10H10N2O.ClH/c13-7-9-6-11-5-8-3-1-2-4-10(8)12-9;/h1-6,12-13H,7H2;1H. The van der Waals surface area contributed by atoms with E-state index in [1.807, 2.05) is 24.3 Å². The molecule has 0 unspecified atom stereocenters. The van der Waals surface area contributed by atoms with E-state index in [1.165, 1.54) is 0 Å². The zero-order valence-electron chi connectivity index (χ0n) is 7.47. The molecule has 4 heteroatoms. The van der Waals surface area contributed by atoms with Crippen LogP contribution < -0.4 is 5.32 Å². The molecule has 0 bridgehead atoms. The Bertz CT molecular complexity index is 374. The van der Waals surface area contributed by atoms with E-state index in [2.05, 4.69) is 10.3 Å². The van der Waals surface area contributed by atoms with Crippen LogP contribution in [0.25, 0.3) is 0 Å². The van der Waals surface area contributed by atoms with Gasteiger partial charge in [0.2, 0.25) is 0 Å². The summed E-state index contributed by atoms with van der Waals surface area (Å²) in [5.74, 6) is 0. The van der Waals surface area contributed by atoms with Crippen LogP contribution in [-0.4, -0.2) is 17.9 Å². The van der Waals surface area contributed by atoms with Gasteiger partial charge in [-0.3, -0.25) is 4.99 Å². The minimum absolute atomic E-state index is 0. The first-order valence-corrected chi connectivity index (χ1v) is 4.09. The van der Waals surface area contributed by atoms with Crippen molar-refractivity contribution < 1.29 is 5.11 Å². The Hall–Kier alpha value is -1.32. The number of para-hydroxylation sites is 1. The van der Waals surface area contributed by atoms with Crippen LogP contribution >= 0.6 is 12.4 Å². The Morgan fingerprint density at radius 3 is 2.86 bits per heavy atom. The number of hydrogen-bond donors (Lipinski definition) is 2. The van der Waals surface area contributed by atoms with Gasteiger partial charge in [0.15, 0.2) is 0 Å². The van der Waals surface area contributed by atoms with Crippen molar-refractivity contribution >= 4 is 24.3 Å². The fourth-order valence-electron chi connectivity index (χ4n) is 1.22. The zero-order valence-corrected chi connectivity index (χ0v) is 8.29. The number of halogens is 1. The highest BCUT2D eigenvalue weighted by Gasteiger charge is 2.03. The third kappa shape index (κ3) is 2.13. The van der Waals surface area contributed by atoms with Gasteiger partial charge in [0.05, 0.1) is 12.3 Å². The van der Waals surface area contributed by atoms with E-state index in [9.17, 15) is 0 Å². The second-order valence-corrected chi connectivity index (χ2v) is 2.80. The number of aliphatic hydroxyl groups excluding tert-OH is 1. The maximum atomic E-state index is 8.94. The highest BCUT2D eigenvalue weighted by Crippen LogP contribution is 2.17. The predicted molar refractivity (Wildman–Crippen MR) is 60.1 cm³/mol. The molecule has 0 saturated carbocycles. The average molecular weight is 211 g/mol. The maximum absolute atomic E-state index is 8.94. The summed E-state index contributed by atoms with van der Waals surface area (Å²) in [4.78, 5) is 4.05. The van der Waals surface area contributed by atoms with Gasteiger partial charge in [-0.2, -0.15) is 0 Å². The first kappa shape index (κ1) is 10.8. The maximum Gasteiger partial charge on any atom is 0.0846 e. The summed E-state index contributed by atoms with van der Waals surface area (Å²) in [5.41, 5.74) is 2.72. The molecule has 2 N–H and O–H groups in total. The van der Waals surface area contributed by atoms with Gasteiger partial charge in [-0.1, -0.05) is 18.2 Å². The third-order valence-corrected chi connectivity index (χ3v) is 1.87. The molecule has 1 heterocycles. The number of fused-ring (bicyclic) bond motifs is 1. The van der Waals surface area contributed by atoms with Gasteiger partial charge in [-0.25, -0.2) is 0 Å². The number of hydrogen-bond acceptors (Lipinski definition) is 3. The van der Waals surface area contributed by atoms with E-state index >= 15 is 0 Å². The van der Waals surface area contributed by atoms with Crippen molar-refractivity contribution in [2.75, 3.05) is 11.9 Å². The highest BCUT2D eigenvalue weighted by atomic mass is 35.5. The molecule has 1 aromatic rings. The van der Waals surface area contributed by atoms with Crippen LogP contribution in [-0.2, 0) is 0 Å². The Morgan fingerprint density at radius 2 is 2.07 bits per heavy atom. The van der Waals surface area contributed by atoms with Crippen LogP contribution in [0.3, 0.4) is 0 Å². The third-order valence-electron chi connectivity index (χ3n) is 1.87. The van der Waals surface area contributed by atoms with Crippen molar-refractivity contribution in [1.82, 2.24) is 0 Å². The second-order valence-electron chi connectivity index (χ2n) is 2.80. The molecule has 1 aliphatic heterocycles. The molecule has 0 amide bonds. The molecule has 1 aliphatic rings. The topological polar surface area (TPSA) is 44.6 Å². The van der Waals surface area contributed by atoms with E-state index in [0.717, 1.165) is 11.3 Å². The van der Waals surface area contributed by atoms with E-state index < -0.39 is 0 Å². The normalized spacial score (nSPS) is 13.1. The summed E-state index contributed by atoms with van der Waals surface area (Å²) < 4.78 is 0. The minimum atomic E-state index is -0.0221. The molecule has 3 nitrogen and oxygen atoms in total. The lowest BCUT2D eigenvalue weighted by Crippen LogP contribution is -2.03. The van der Waals surface area contributed by atoms with Crippen LogP contribution in [0.1, 0.15) is 5.56 Å². The van der Waals surface area contributed by atoms with Crippen molar-refractivity contribution in [3.63, 3.8) is 0 Å². The molecule has 0 aromatic heterocycles. The molecule has 0 aliphatic carbocycles. The van der Waals surface area contributed by atoms with Crippen molar-refractivity contribution in [2.45, 2.75) is 0 Å². The molecule has 0 atom stereocenters. The lowest BCUT2D eigenvalue weighted by Gasteiger charge is -2.07. The van der Waals surface area contributed by atoms with Gasteiger partial charge < -0.3 is 10.4 Å². The molecular formula is C10H11ClN2O. The predicted octanol–water partition coefficient (Wildman–Crippen LogP) is 1.79. The Morgan fingerprint density at radius 1 is 1.29 bits per heavy atom. The Balaban J connectivity index is 0.000000980. The molecule has 2 rings (SSSR count). The summed E-state index contributed by atoms with van der Waals surface area (Å²) in [6.45, 7) is -0.0221. The minimum Gasteiger partial charge on any atom is -0.390 e. The molecule has 14 heavy (non-hydrogen) atoms. The Labute approximate surface area is 88.6 Å². The van der Waals surface area contributed by atoms with Crippen LogP contribution in [0.5, 0.6) is 0 Å². The van der Waals surface area contributed by atoms with Crippen molar-refractivity contribution in [3.8, 4) is 0 Å². The summed E-state index contributed by atoms with van der Waals surface area (Å²) in [5, 5.41) is 12.0. The molecule has 0 spiro atoms. The molecule has 0 radical (unpaired) electrons. The number of aliphatic imine (C=N–C) groups is 1. The van der Waals surface area contributed by atoms with Gasteiger partial charge in [0.1, 0.15) is 0 Å². The SMILES string of the molecule is Cl.OCC1=CN=Cc2ccccc2N1. The molecular weight excluding hydrogens is 200 g/mol. The summed E-state index contributed by atoms with van der Waals surface area (Å²) in [6.07, 6.45) is 3.39. The number of rotatable bonds is 1. The number of nitrogens with one attached hydrogen (secondary N) is 1. The van der Waals surface area contributed by atoms with Gasteiger partial charge >= 0.3 is 0 Å². The summed E-state index contributed by atoms with van der Waals surface area (Å²) >= 11 is 0. The van der Waals surface area contributed by atoms with E-state index in [1.54, 1.807) is 12.4 Å². The van der Waals surface area contributed by atoms with Crippen molar-refractivity contribution in [2.24, 2.45) is 4.99 Å². The van der Waals surface area contributed by atoms with Gasteiger partial charge in [0, 0.05) is 23.7 Å². The van der Waals surface area contributed by atoms with Crippen molar-refractivity contribution in [3.05, 3.63) is 41.7 Å². The number of aliphatic hydroxyl groups is 1. The largest absolute Gasteiger partial charge is 0.390 e. The lowest BCUT2D eigenvalue weighted by atomic mass is 10.2. The quantitative estimate of drug-likeness (QED) is 0.742. The smallest absolute Gasteiger partial charge is 0.0846 e. The monoisotopic (exact) mass is 210 g/mol. The average Bonchev–Trinajstić information content (AvgIpc) is 2.38. The van der Waals surface area contributed by atoms with Crippen LogP contribution in [0, 0.1) is 0 Å². The first-order chi connectivity index (χ1) is 6.40. The lowest BCUT2D eigenvalue weighted by molar-refractivity contribution is 0.332. The van der Waals surface area contributed by atoms with Gasteiger partial charge in [0.25, 0.3) is 0 Å². The van der Waals surface area contributed by atoms with E-state index in [4.69, 9.17) is 5.11 Å². The first-order valence-electron chi connectivity index (χ1n) is 4.09. The van der Waals surface area contributed by atoms with Crippen LogP contribution in [0.15, 0.2) is 41.2 Å². The summed E-state index contributed by atoms with van der Waals surface area (Å²) in [6, 6.07) is 7.83. The fraction of sp³-hybridized carbons (Fsp3) is 0.100.